The Kier molecular flexibility index (Phi) is 3.50. The second kappa shape index (κ2) is 5.33. The summed E-state index contributed by atoms with van der Waals surface area (Å²) in [6.45, 7) is 4.44. The second-order valence-corrected chi connectivity index (χ2v) is 5.52. The third kappa shape index (κ3) is 2.56. The van der Waals surface area contributed by atoms with Gasteiger partial charge in [-0.3, -0.25) is 4.40 Å². The second-order valence-electron chi connectivity index (χ2n) is 4.77. The normalized spacial score (nSPS) is 11.0. The van der Waals surface area contributed by atoms with Gasteiger partial charge in [0.25, 0.3) is 0 Å². The molecule has 0 radical (unpaired) electrons. The van der Waals surface area contributed by atoms with Crippen LogP contribution in [0.15, 0.2) is 29.0 Å². The highest BCUT2D eigenvalue weighted by Crippen LogP contribution is 2.21. The van der Waals surface area contributed by atoms with Crippen LogP contribution >= 0.6 is 15.9 Å². The van der Waals surface area contributed by atoms with Crippen molar-refractivity contribution in [1.82, 2.24) is 19.4 Å². The maximum Gasteiger partial charge on any atom is 0.222 e. The molecule has 0 aliphatic rings. The molecule has 108 valence electrons. The molecule has 3 N–H and O–H groups in total. The number of fused-ring (bicyclic) bond motifs is 1. The van der Waals surface area contributed by atoms with E-state index >= 15 is 0 Å². The number of nitrogens with one attached hydrogen (secondary N) is 1. The Hall–Kier alpha value is -2.15. The van der Waals surface area contributed by atoms with Crippen LogP contribution in [0.1, 0.15) is 17.0 Å². The third-order valence-corrected chi connectivity index (χ3v) is 4.21. The smallest absolute Gasteiger partial charge is 0.222 e. The Morgan fingerprint density at radius 1 is 1.24 bits per heavy atom. The molecule has 0 aliphatic heterocycles. The molecule has 0 aromatic carbocycles. The summed E-state index contributed by atoms with van der Waals surface area (Å²) < 4.78 is 2.92. The molecule has 0 atom stereocenters. The van der Waals surface area contributed by atoms with Crippen LogP contribution in [0.5, 0.6) is 0 Å². The molecule has 3 rings (SSSR count). The molecule has 7 heteroatoms. The molecule has 3 heterocycles. The molecule has 0 bridgehead atoms. The molecule has 0 amide bonds. The predicted molar refractivity (Wildman–Crippen MR) is 86.1 cm³/mol. The number of pyridine rings is 1. The zero-order valence-electron chi connectivity index (χ0n) is 11.8. The van der Waals surface area contributed by atoms with Crippen molar-refractivity contribution in [3.8, 4) is 0 Å². The number of nitrogen functional groups attached to an aromatic ring is 1. The number of anilines is 2. The number of nitrogens with two attached hydrogens (primary N) is 1. The maximum atomic E-state index is 5.70. The Morgan fingerprint density at radius 2 is 2.05 bits per heavy atom. The fraction of sp³-hybridized carbons (Fsp3) is 0.214. The fourth-order valence-electron chi connectivity index (χ4n) is 2.12. The van der Waals surface area contributed by atoms with E-state index in [2.05, 4.69) is 36.2 Å². The van der Waals surface area contributed by atoms with Crippen LogP contribution in [-0.2, 0) is 6.54 Å². The lowest BCUT2D eigenvalue weighted by molar-refractivity contribution is 1.01. The summed E-state index contributed by atoms with van der Waals surface area (Å²) in [5.41, 5.74) is 9.37. The summed E-state index contributed by atoms with van der Waals surface area (Å²) in [4.78, 5) is 13.0. The number of hydrogen-bond acceptors (Lipinski definition) is 5. The minimum absolute atomic E-state index is 0.273. The molecule has 0 saturated heterocycles. The SMILES string of the molecule is Cc1nc(N)nc(NCc2nc3ccccn3c2Br)c1C. The molecule has 0 aliphatic carbocycles. The van der Waals surface area contributed by atoms with Gasteiger partial charge in [0.1, 0.15) is 16.1 Å². The summed E-state index contributed by atoms with van der Waals surface area (Å²) in [5.74, 6) is 1.01. The number of hydrogen-bond donors (Lipinski definition) is 2. The predicted octanol–water partition coefficient (Wildman–Crippen LogP) is 2.70. The van der Waals surface area contributed by atoms with Crippen molar-refractivity contribution in [3.63, 3.8) is 0 Å². The highest BCUT2D eigenvalue weighted by atomic mass is 79.9. The van der Waals surface area contributed by atoms with Gasteiger partial charge in [0.05, 0.1) is 12.2 Å². The van der Waals surface area contributed by atoms with Gasteiger partial charge in [-0.05, 0) is 41.9 Å². The standard InChI is InChI=1S/C14H15BrN6/c1-8-9(2)18-14(16)20-13(8)17-7-10-12(15)21-6-4-3-5-11(21)19-10/h3-6H,7H2,1-2H3,(H3,16,17,18,20). The van der Waals surface area contributed by atoms with Gasteiger partial charge < -0.3 is 11.1 Å². The van der Waals surface area contributed by atoms with Crippen molar-refractivity contribution in [2.75, 3.05) is 11.1 Å². The summed E-state index contributed by atoms with van der Waals surface area (Å²) in [7, 11) is 0. The molecule has 21 heavy (non-hydrogen) atoms. The number of rotatable bonds is 3. The van der Waals surface area contributed by atoms with Crippen LogP contribution in [0.25, 0.3) is 5.65 Å². The van der Waals surface area contributed by atoms with E-state index in [1.165, 1.54) is 0 Å². The minimum atomic E-state index is 0.273. The van der Waals surface area contributed by atoms with Crippen LogP contribution in [0.4, 0.5) is 11.8 Å². The molecular formula is C14H15BrN6. The average molecular weight is 347 g/mol. The van der Waals surface area contributed by atoms with E-state index in [0.29, 0.717) is 6.54 Å². The topological polar surface area (TPSA) is 81.1 Å². The first kappa shape index (κ1) is 13.8. The van der Waals surface area contributed by atoms with Crippen molar-refractivity contribution >= 4 is 33.3 Å². The molecule has 3 aromatic heterocycles. The lowest BCUT2D eigenvalue weighted by Gasteiger charge is -2.10. The largest absolute Gasteiger partial charge is 0.368 e. The van der Waals surface area contributed by atoms with E-state index in [4.69, 9.17) is 5.73 Å². The molecule has 0 spiro atoms. The molecule has 0 fully saturated rings. The number of halogens is 1. The minimum Gasteiger partial charge on any atom is -0.368 e. The van der Waals surface area contributed by atoms with E-state index in [1.807, 2.05) is 42.6 Å². The monoisotopic (exact) mass is 346 g/mol. The third-order valence-electron chi connectivity index (χ3n) is 3.37. The lowest BCUT2D eigenvalue weighted by Crippen LogP contribution is -2.08. The van der Waals surface area contributed by atoms with Gasteiger partial charge in [-0.1, -0.05) is 6.07 Å². The van der Waals surface area contributed by atoms with Crippen molar-refractivity contribution < 1.29 is 0 Å². The quantitative estimate of drug-likeness (QED) is 0.761. The number of aryl methyl sites for hydroxylation is 1. The molecular weight excluding hydrogens is 332 g/mol. The van der Waals surface area contributed by atoms with Crippen LogP contribution in [-0.4, -0.2) is 19.4 Å². The molecule has 6 nitrogen and oxygen atoms in total. The van der Waals surface area contributed by atoms with Gasteiger partial charge in [0.2, 0.25) is 5.95 Å². The van der Waals surface area contributed by atoms with Gasteiger partial charge in [0.15, 0.2) is 0 Å². The number of imidazole rings is 1. The Morgan fingerprint density at radius 3 is 2.81 bits per heavy atom. The highest BCUT2D eigenvalue weighted by molar-refractivity contribution is 9.10. The number of nitrogens with zero attached hydrogens (tertiary/aromatic N) is 4. The molecule has 3 aromatic rings. The van der Waals surface area contributed by atoms with Crippen LogP contribution in [0.2, 0.25) is 0 Å². The van der Waals surface area contributed by atoms with E-state index in [9.17, 15) is 0 Å². The van der Waals surface area contributed by atoms with Crippen molar-refractivity contribution in [3.05, 3.63) is 46.0 Å². The first-order valence-corrected chi connectivity index (χ1v) is 7.31. The summed E-state index contributed by atoms with van der Waals surface area (Å²) in [5, 5.41) is 3.28. The molecule has 0 unspecified atom stereocenters. The lowest BCUT2D eigenvalue weighted by atomic mass is 10.2. The highest BCUT2D eigenvalue weighted by Gasteiger charge is 2.11. The van der Waals surface area contributed by atoms with Gasteiger partial charge in [-0.2, -0.15) is 4.98 Å². The van der Waals surface area contributed by atoms with Gasteiger partial charge in [-0.25, -0.2) is 9.97 Å². The number of aromatic nitrogens is 4. The molecule has 0 saturated carbocycles. The van der Waals surface area contributed by atoms with Crippen LogP contribution in [0.3, 0.4) is 0 Å². The first-order valence-electron chi connectivity index (χ1n) is 6.52. The van der Waals surface area contributed by atoms with Crippen LogP contribution < -0.4 is 11.1 Å². The summed E-state index contributed by atoms with van der Waals surface area (Å²) in [6, 6.07) is 5.90. The van der Waals surface area contributed by atoms with E-state index < -0.39 is 0 Å². The van der Waals surface area contributed by atoms with E-state index in [0.717, 1.165) is 33.0 Å². The van der Waals surface area contributed by atoms with Crippen molar-refractivity contribution in [2.45, 2.75) is 20.4 Å². The first-order chi connectivity index (χ1) is 10.1. The average Bonchev–Trinajstić information content (AvgIpc) is 2.78. The Balaban J connectivity index is 1.89. The summed E-state index contributed by atoms with van der Waals surface area (Å²) >= 11 is 3.58. The van der Waals surface area contributed by atoms with Crippen molar-refractivity contribution in [1.29, 1.82) is 0 Å². The Labute approximate surface area is 130 Å². The van der Waals surface area contributed by atoms with Crippen molar-refractivity contribution in [2.24, 2.45) is 0 Å². The van der Waals surface area contributed by atoms with E-state index in [1.54, 1.807) is 0 Å². The van der Waals surface area contributed by atoms with Crippen LogP contribution in [0, 0.1) is 13.8 Å². The van der Waals surface area contributed by atoms with Gasteiger partial charge >= 0.3 is 0 Å². The maximum absolute atomic E-state index is 5.70. The Bertz CT molecular complexity index is 811. The van der Waals surface area contributed by atoms with E-state index in [-0.39, 0.29) is 5.95 Å². The van der Waals surface area contributed by atoms with Gasteiger partial charge in [0, 0.05) is 17.5 Å². The van der Waals surface area contributed by atoms with Gasteiger partial charge in [-0.15, -0.1) is 0 Å². The zero-order chi connectivity index (χ0) is 15.0. The zero-order valence-corrected chi connectivity index (χ0v) is 13.3. The summed E-state index contributed by atoms with van der Waals surface area (Å²) in [6.07, 6.45) is 1.97. The fourth-order valence-corrected chi connectivity index (χ4v) is 2.65.